The highest BCUT2D eigenvalue weighted by atomic mass is 16.2. The van der Waals surface area contributed by atoms with Crippen LogP contribution in [-0.4, -0.2) is 48.9 Å². The first kappa shape index (κ1) is 19.3. The van der Waals surface area contributed by atoms with E-state index in [-0.39, 0.29) is 11.9 Å². The van der Waals surface area contributed by atoms with Gasteiger partial charge in [-0.2, -0.15) is 0 Å². The first-order valence-corrected chi connectivity index (χ1v) is 9.35. The minimum absolute atomic E-state index is 0.0267. The zero-order valence-corrected chi connectivity index (χ0v) is 15.8. The van der Waals surface area contributed by atoms with E-state index in [1.165, 1.54) is 19.3 Å². The molecule has 0 saturated carbocycles. The van der Waals surface area contributed by atoms with Crippen molar-refractivity contribution in [1.29, 1.82) is 0 Å². The number of hydrogen-bond donors (Lipinski definition) is 1. The summed E-state index contributed by atoms with van der Waals surface area (Å²) < 4.78 is 0. The second-order valence-electron chi connectivity index (χ2n) is 7.12. The van der Waals surface area contributed by atoms with Crippen LogP contribution in [0.1, 0.15) is 44.6 Å². The molecule has 0 bridgehead atoms. The van der Waals surface area contributed by atoms with E-state index in [0.29, 0.717) is 6.42 Å². The SMILES string of the molecule is CCC[C@H]1CCCN(C(=O)Nc2ccccc2CC(=O)N(C)C)CC1. The molecule has 0 radical (unpaired) electrons. The fourth-order valence-electron chi connectivity index (χ4n) is 3.38. The molecule has 1 fully saturated rings. The molecule has 2 rings (SSSR count). The van der Waals surface area contributed by atoms with Crippen LogP contribution in [0.2, 0.25) is 0 Å². The normalized spacial score (nSPS) is 17.7. The number of carbonyl (C=O) groups excluding carboxylic acids is 2. The van der Waals surface area contributed by atoms with Crippen LogP contribution in [0.5, 0.6) is 0 Å². The van der Waals surface area contributed by atoms with E-state index in [1.807, 2.05) is 29.2 Å². The molecule has 0 spiro atoms. The van der Waals surface area contributed by atoms with E-state index in [1.54, 1.807) is 19.0 Å². The van der Waals surface area contributed by atoms with Crippen molar-refractivity contribution >= 4 is 17.6 Å². The molecule has 25 heavy (non-hydrogen) atoms. The minimum Gasteiger partial charge on any atom is -0.349 e. The van der Waals surface area contributed by atoms with Crippen molar-refractivity contribution in [3.63, 3.8) is 0 Å². The molecule has 1 atom stereocenters. The van der Waals surface area contributed by atoms with Gasteiger partial charge in [-0.3, -0.25) is 4.79 Å². The third-order valence-corrected chi connectivity index (χ3v) is 4.93. The number of para-hydroxylation sites is 1. The number of nitrogens with zero attached hydrogens (tertiary/aromatic N) is 2. The Labute approximate surface area is 151 Å². The van der Waals surface area contributed by atoms with Gasteiger partial charge in [0.25, 0.3) is 0 Å². The number of hydrogen-bond acceptors (Lipinski definition) is 2. The first-order chi connectivity index (χ1) is 12.0. The van der Waals surface area contributed by atoms with Gasteiger partial charge in [0.2, 0.25) is 5.91 Å². The number of likely N-dealkylation sites (tertiary alicyclic amines) is 1. The van der Waals surface area contributed by atoms with Gasteiger partial charge in [-0.15, -0.1) is 0 Å². The van der Waals surface area contributed by atoms with E-state index >= 15 is 0 Å². The Morgan fingerprint density at radius 1 is 1.20 bits per heavy atom. The van der Waals surface area contributed by atoms with Crippen LogP contribution >= 0.6 is 0 Å². The van der Waals surface area contributed by atoms with Crippen molar-refractivity contribution in [2.45, 2.75) is 45.4 Å². The molecule has 0 aliphatic carbocycles. The van der Waals surface area contributed by atoms with Gasteiger partial charge in [-0.05, 0) is 36.8 Å². The molecule has 1 aliphatic rings. The van der Waals surface area contributed by atoms with Crippen molar-refractivity contribution in [3.8, 4) is 0 Å². The average molecular weight is 345 g/mol. The van der Waals surface area contributed by atoms with Crippen molar-refractivity contribution in [2.24, 2.45) is 5.92 Å². The second kappa shape index (κ2) is 9.44. The van der Waals surface area contributed by atoms with Gasteiger partial charge in [-0.1, -0.05) is 38.0 Å². The van der Waals surface area contributed by atoms with Crippen molar-refractivity contribution < 1.29 is 9.59 Å². The third-order valence-electron chi connectivity index (χ3n) is 4.93. The number of rotatable bonds is 5. The zero-order chi connectivity index (χ0) is 18.2. The lowest BCUT2D eigenvalue weighted by Crippen LogP contribution is -2.36. The van der Waals surface area contributed by atoms with Gasteiger partial charge in [0.05, 0.1) is 6.42 Å². The van der Waals surface area contributed by atoms with Gasteiger partial charge in [0.1, 0.15) is 0 Å². The van der Waals surface area contributed by atoms with E-state index in [2.05, 4.69) is 12.2 Å². The van der Waals surface area contributed by atoms with Crippen molar-refractivity contribution in [1.82, 2.24) is 9.80 Å². The molecule has 1 heterocycles. The molecule has 1 saturated heterocycles. The highest BCUT2D eigenvalue weighted by Gasteiger charge is 2.21. The summed E-state index contributed by atoms with van der Waals surface area (Å²) in [7, 11) is 3.49. The van der Waals surface area contributed by atoms with Gasteiger partial charge in [0, 0.05) is 32.9 Å². The molecule has 5 heteroatoms. The van der Waals surface area contributed by atoms with Crippen molar-refractivity contribution in [3.05, 3.63) is 29.8 Å². The summed E-state index contributed by atoms with van der Waals surface area (Å²) in [6.45, 7) is 3.85. The lowest BCUT2D eigenvalue weighted by atomic mass is 9.96. The van der Waals surface area contributed by atoms with E-state index in [0.717, 1.165) is 43.1 Å². The van der Waals surface area contributed by atoms with Gasteiger partial charge >= 0.3 is 6.03 Å². The van der Waals surface area contributed by atoms with Crippen LogP contribution < -0.4 is 5.32 Å². The molecule has 0 unspecified atom stereocenters. The summed E-state index contributed by atoms with van der Waals surface area (Å²) in [5.74, 6) is 0.770. The number of anilines is 1. The van der Waals surface area contributed by atoms with Crippen molar-refractivity contribution in [2.75, 3.05) is 32.5 Å². The maximum absolute atomic E-state index is 12.7. The Kier molecular flexibility index (Phi) is 7.29. The summed E-state index contributed by atoms with van der Waals surface area (Å²) in [5.41, 5.74) is 1.59. The van der Waals surface area contributed by atoms with Crippen LogP contribution in [0.15, 0.2) is 24.3 Å². The predicted octanol–water partition coefficient (Wildman–Crippen LogP) is 3.75. The number of benzene rings is 1. The maximum Gasteiger partial charge on any atom is 0.321 e. The highest BCUT2D eigenvalue weighted by molar-refractivity contribution is 5.91. The van der Waals surface area contributed by atoms with Gasteiger partial charge in [0.15, 0.2) is 0 Å². The lowest BCUT2D eigenvalue weighted by molar-refractivity contribution is -0.127. The standard InChI is InChI=1S/C20H31N3O2/c1-4-8-16-9-7-13-23(14-12-16)20(25)21-18-11-6-5-10-17(18)15-19(24)22(2)3/h5-6,10-11,16H,4,7-9,12-15H2,1-3H3,(H,21,25)/t16-/m0/s1. The van der Waals surface area contributed by atoms with E-state index in [4.69, 9.17) is 0 Å². The Hall–Kier alpha value is -2.04. The summed E-state index contributed by atoms with van der Waals surface area (Å²) >= 11 is 0. The fraction of sp³-hybridized carbons (Fsp3) is 0.600. The zero-order valence-electron chi connectivity index (χ0n) is 15.8. The topological polar surface area (TPSA) is 52.7 Å². The molecule has 3 amide bonds. The quantitative estimate of drug-likeness (QED) is 0.883. The molecule has 1 N–H and O–H groups in total. The monoisotopic (exact) mass is 345 g/mol. The number of likely N-dealkylation sites (N-methyl/N-ethyl adjacent to an activating group) is 1. The summed E-state index contributed by atoms with van der Waals surface area (Å²) in [5, 5.41) is 3.02. The molecular formula is C20H31N3O2. The highest BCUT2D eigenvalue weighted by Crippen LogP contribution is 2.23. The Morgan fingerprint density at radius 2 is 1.96 bits per heavy atom. The van der Waals surface area contributed by atoms with Crippen LogP contribution in [0.3, 0.4) is 0 Å². The molecular weight excluding hydrogens is 314 g/mol. The smallest absolute Gasteiger partial charge is 0.321 e. The molecule has 1 aromatic carbocycles. The summed E-state index contributed by atoms with van der Waals surface area (Å²) in [6, 6.07) is 7.50. The molecule has 138 valence electrons. The predicted molar refractivity (Wildman–Crippen MR) is 102 cm³/mol. The number of amides is 3. The van der Waals surface area contributed by atoms with E-state index < -0.39 is 0 Å². The fourth-order valence-corrected chi connectivity index (χ4v) is 3.38. The maximum atomic E-state index is 12.7. The van der Waals surface area contributed by atoms with Crippen LogP contribution in [0.25, 0.3) is 0 Å². The number of carbonyl (C=O) groups is 2. The number of urea groups is 1. The largest absolute Gasteiger partial charge is 0.349 e. The Bertz CT molecular complexity index is 586. The molecule has 1 aliphatic heterocycles. The Morgan fingerprint density at radius 3 is 2.68 bits per heavy atom. The third kappa shape index (κ3) is 5.76. The van der Waals surface area contributed by atoms with Gasteiger partial charge in [-0.25, -0.2) is 4.79 Å². The van der Waals surface area contributed by atoms with Crippen LogP contribution in [0, 0.1) is 5.92 Å². The molecule has 1 aromatic rings. The number of nitrogens with one attached hydrogen (secondary N) is 1. The van der Waals surface area contributed by atoms with Crippen LogP contribution in [-0.2, 0) is 11.2 Å². The summed E-state index contributed by atoms with van der Waals surface area (Å²) in [6.07, 6.45) is 6.13. The van der Waals surface area contributed by atoms with E-state index in [9.17, 15) is 9.59 Å². The summed E-state index contributed by atoms with van der Waals surface area (Å²) in [4.78, 5) is 28.2. The average Bonchev–Trinajstić information content (AvgIpc) is 2.82. The lowest BCUT2D eigenvalue weighted by Gasteiger charge is -2.22. The first-order valence-electron chi connectivity index (χ1n) is 9.35. The van der Waals surface area contributed by atoms with Crippen LogP contribution in [0.4, 0.5) is 10.5 Å². The molecule has 5 nitrogen and oxygen atoms in total. The van der Waals surface area contributed by atoms with Gasteiger partial charge < -0.3 is 15.1 Å². The minimum atomic E-state index is -0.0538. The Balaban J connectivity index is 1.99. The second-order valence-corrected chi connectivity index (χ2v) is 7.12. The molecule has 0 aromatic heterocycles.